The molecule has 20 heavy (non-hydrogen) atoms. The third-order valence-electron chi connectivity index (χ3n) is 5.14. The summed E-state index contributed by atoms with van der Waals surface area (Å²) in [6.45, 7) is 9.53. The van der Waals surface area contributed by atoms with Crippen LogP contribution in [0.2, 0.25) is 0 Å². The van der Waals surface area contributed by atoms with E-state index in [-0.39, 0.29) is 0 Å². The zero-order valence-corrected chi connectivity index (χ0v) is 13.2. The van der Waals surface area contributed by atoms with E-state index in [0.717, 1.165) is 6.04 Å². The molecule has 110 valence electrons. The van der Waals surface area contributed by atoms with Gasteiger partial charge in [0.25, 0.3) is 0 Å². The van der Waals surface area contributed by atoms with Crippen molar-refractivity contribution in [1.29, 1.82) is 0 Å². The van der Waals surface area contributed by atoms with Crippen LogP contribution in [0.25, 0.3) is 0 Å². The summed E-state index contributed by atoms with van der Waals surface area (Å²) in [5.74, 6) is 0.638. The molecule has 2 heteroatoms. The molecule has 0 saturated carbocycles. The lowest BCUT2D eigenvalue weighted by Crippen LogP contribution is -2.45. The van der Waals surface area contributed by atoms with Crippen LogP contribution >= 0.6 is 0 Å². The van der Waals surface area contributed by atoms with E-state index in [1.165, 1.54) is 51.0 Å². The van der Waals surface area contributed by atoms with Crippen molar-refractivity contribution < 1.29 is 0 Å². The number of hydrogen-bond donors (Lipinski definition) is 0. The predicted molar refractivity (Wildman–Crippen MR) is 85.2 cm³/mol. The predicted octanol–water partition coefficient (Wildman–Crippen LogP) is 3.26. The molecule has 0 aromatic heterocycles. The highest BCUT2D eigenvalue weighted by Gasteiger charge is 2.26. The quantitative estimate of drug-likeness (QED) is 0.815. The summed E-state index contributed by atoms with van der Waals surface area (Å²) in [5, 5.41) is 0. The molecule has 2 aliphatic rings. The summed E-state index contributed by atoms with van der Waals surface area (Å²) in [5.41, 5.74) is 4.66. The largest absolute Gasteiger partial charge is 0.306 e. The zero-order chi connectivity index (χ0) is 14.1. The standard InChI is InChI=1S/C18H28N2/c1-14(2)16-5-4-15-6-11-20(13-17(15)12-16)18-7-9-19(3)10-8-18/h4-5,12,14,18H,6-11,13H2,1-3H3. The van der Waals surface area contributed by atoms with Crippen LogP contribution in [-0.4, -0.2) is 42.5 Å². The van der Waals surface area contributed by atoms with Crippen LogP contribution in [0.1, 0.15) is 49.3 Å². The number of rotatable bonds is 2. The Labute approximate surface area is 123 Å². The second-order valence-electron chi connectivity index (χ2n) is 6.94. The van der Waals surface area contributed by atoms with E-state index in [1.807, 2.05) is 0 Å². The number of benzene rings is 1. The van der Waals surface area contributed by atoms with Crippen LogP contribution in [0.15, 0.2) is 18.2 Å². The fourth-order valence-corrected chi connectivity index (χ4v) is 3.63. The van der Waals surface area contributed by atoms with Gasteiger partial charge in [0.05, 0.1) is 0 Å². The Kier molecular flexibility index (Phi) is 4.13. The van der Waals surface area contributed by atoms with Crippen LogP contribution in [-0.2, 0) is 13.0 Å². The zero-order valence-electron chi connectivity index (χ0n) is 13.2. The van der Waals surface area contributed by atoms with Gasteiger partial charge in [-0.1, -0.05) is 32.0 Å². The van der Waals surface area contributed by atoms with E-state index in [4.69, 9.17) is 0 Å². The fraction of sp³-hybridized carbons (Fsp3) is 0.667. The molecule has 0 unspecified atom stereocenters. The van der Waals surface area contributed by atoms with Crippen molar-refractivity contribution in [2.45, 2.75) is 51.6 Å². The molecule has 0 radical (unpaired) electrons. The first-order chi connectivity index (χ1) is 9.63. The Morgan fingerprint density at radius 1 is 1.05 bits per heavy atom. The number of nitrogens with zero attached hydrogens (tertiary/aromatic N) is 2. The molecule has 0 bridgehead atoms. The van der Waals surface area contributed by atoms with Gasteiger partial charge in [0, 0.05) is 19.1 Å². The van der Waals surface area contributed by atoms with Gasteiger partial charge in [-0.15, -0.1) is 0 Å². The minimum atomic E-state index is 0.638. The SMILES string of the molecule is CC(C)c1ccc2c(c1)CN(C1CCN(C)CC1)CC2. The van der Waals surface area contributed by atoms with E-state index < -0.39 is 0 Å². The van der Waals surface area contributed by atoms with Crippen molar-refractivity contribution in [3.63, 3.8) is 0 Å². The average Bonchev–Trinajstić information content (AvgIpc) is 2.47. The lowest BCUT2D eigenvalue weighted by Gasteiger charge is -2.40. The van der Waals surface area contributed by atoms with Crippen LogP contribution in [0.4, 0.5) is 0 Å². The molecule has 0 spiro atoms. The summed E-state index contributed by atoms with van der Waals surface area (Å²) in [7, 11) is 2.25. The van der Waals surface area contributed by atoms with Crippen LogP contribution in [0.5, 0.6) is 0 Å². The van der Waals surface area contributed by atoms with Crippen LogP contribution < -0.4 is 0 Å². The molecule has 1 fully saturated rings. The van der Waals surface area contributed by atoms with Gasteiger partial charge in [0.15, 0.2) is 0 Å². The third-order valence-corrected chi connectivity index (χ3v) is 5.14. The monoisotopic (exact) mass is 272 g/mol. The molecule has 2 aliphatic heterocycles. The van der Waals surface area contributed by atoms with Crippen molar-refractivity contribution in [3.8, 4) is 0 Å². The molecular formula is C18H28N2. The first-order valence-electron chi connectivity index (χ1n) is 8.18. The number of likely N-dealkylation sites (tertiary alicyclic amines) is 1. The third kappa shape index (κ3) is 2.91. The van der Waals surface area contributed by atoms with Crippen molar-refractivity contribution in [2.24, 2.45) is 0 Å². The Morgan fingerprint density at radius 3 is 2.50 bits per heavy atom. The number of fused-ring (bicyclic) bond motifs is 1. The highest BCUT2D eigenvalue weighted by Crippen LogP contribution is 2.27. The molecule has 1 aromatic rings. The van der Waals surface area contributed by atoms with Gasteiger partial charge in [-0.25, -0.2) is 0 Å². The summed E-state index contributed by atoms with van der Waals surface area (Å²) in [6, 6.07) is 7.97. The van der Waals surface area contributed by atoms with E-state index in [1.54, 1.807) is 11.1 Å². The van der Waals surface area contributed by atoms with Crippen LogP contribution in [0.3, 0.4) is 0 Å². The van der Waals surface area contributed by atoms with Gasteiger partial charge >= 0.3 is 0 Å². The van der Waals surface area contributed by atoms with Gasteiger partial charge in [-0.05, 0) is 62.0 Å². The van der Waals surface area contributed by atoms with Crippen molar-refractivity contribution in [3.05, 3.63) is 34.9 Å². The van der Waals surface area contributed by atoms with Gasteiger partial charge < -0.3 is 4.90 Å². The summed E-state index contributed by atoms with van der Waals surface area (Å²) in [6.07, 6.45) is 3.92. The summed E-state index contributed by atoms with van der Waals surface area (Å²) < 4.78 is 0. The second kappa shape index (κ2) is 5.87. The molecular weight excluding hydrogens is 244 g/mol. The molecule has 0 amide bonds. The molecule has 1 saturated heterocycles. The minimum Gasteiger partial charge on any atom is -0.306 e. The Balaban J connectivity index is 1.72. The highest BCUT2D eigenvalue weighted by molar-refractivity contribution is 5.35. The van der Waals surface area contributed by atoms with Gasteiger partial charge in [0.1, 0.15) is 0 Å². The summed E-state index contributed by atoms with van der Waals surface area (Å²) >= 11 is 0. The van der Waals surface area contributed by atoms with E-state index in [0.29, 0.717) is 5.92 Å². The maximum absolute atomic E-state index is 2.74. The average molecular weight is 272 g/mol. The number of hydrogen-bond acceptors (Lipinski definition) is 2. The van der Waals surface area contributed by atoms with E-state index in [9.17, 15) is 0 Å². The number of piperidine rings is 1. The molecule has 2 nitrogen and oxygen atoms in total. The van der Waals surface area contributed by atoms with Gasteiger partial charge in [-0.2, -0.15) is 0 Å². The van der Waals surface area contributed by atoms with Gasteiger partial charge in [0.2, 0.25) is 0 Å². The smallest absolute Gasteiger partial charge is 0.0239 e. The molecule has 0 N–H and O–H groups in total. The first kappa shape index (κ1) is 14.1. The molecule has 0 atom stereocenters. The molecule has 2 heterocycles. The normalized spacial score (nSPS) is 22.2. The highest BCUT2D eigenvalue weighted by atomic mass is 15.2. The molecule has 3 rings (SSSR count). The Bertz CT molecular complexity index is 458. The molecule has 0 aliphatic carbocycles. The second-order valence-corrected chi connectivity index (χ2v) is 6.94. The lowest BCUT2D eigenvalue weighted by atomic mass is 9.91. The van der Waals surface area contributed by atoms with Crippen molar-refractivity contribution in [1.82, 2.24) is 9.80 Å². The fourth-order valence-electron chi connectivity index (χ4n) is 3.63. The summed E-state index contributed by atoms with van der Waals surface area (Å²) in [4.78, 5) is 5.20. The minimum absolute atomic E-state index is 0.638. The topological polar surface area (TPSA) is 6.48 Å². The van der Waals surface area contributed by atoms with Crippen molar-refractivity contribution in [2.75, 3.05) is 26.7 Å². The molecule has 1 aromatic carbocycles. The maximum Gasteiger partial charge on any atom is 0.0239 e. The van der Waals surface area contributed by atoms with Crippen molar-refractivity contribution >= 4 is 0 Å². The van der Waals surface area contributed by atoms with Gasteiger partial charge in [-0.3, -0.25) is 4.90 Å². The van der Waals surface area contributed by atoms with E-state index in [2.05, 4.69) is 48.9 Å². The van der Waals surface area contributed by atoms with E-state index >= 15 is 0 Å². The lowest BCUT2D eigenvalue weighted by molar-refractivity contribution is 0.109. The maximum atomic E-state index is 2.74. The van der Waals surface area contributed by atoms with Crippen LogP contribution in [0, 0.1) is 0 Å². The Morgan fingerprint density at radius 2 is 1.80 bits per heavy atom. The Hall–Kier alpha value is -0.860. The first-order valence-corrected chi connectivity index (χ1v) is 8.18.